The molecule has 1 unspecified atom stereocenters. The summed E-state index contributed by atoms with van der Waals surface area (Å²) in [6.07, 6.45) is 2.02. The van der Waals surface area contributed by atoms with E-state index in [1.165, 1.54) is 5.69 Å². The molecule has 1 aliphatic rings. The molecule has 0 aliphatic carbocycles. The Labute approximate surface area is 159 Å². The fourth-order valence-electron chi connectivity index (χ4n) is 3.23. The molecule has 0 bridgehead atoms. The van der Waals surface area contributed by atoms with Crippen molar-refractivity contribution < 1.29 is 19.0 Å². The Morgan fingerprint density at radius 2 is 2.00 bits per heavy atom. The Balaban J connectivity index is 1.56. The number of aryl methyl sites for hydroxylation is 1. The Morgan fingerprint density at radius 3 is 2.70 bits per heavy atom. The van der Waals surface area contributed by atoms with E-state index in [9.17, 15) is 4.79 Å². The zero-order chi connectivity index (χ0) is 19.1. The molecule has 1 N–H and O–H groups in total. The summed E-state index contributed by atoms with van der Waals surface area (Å²) >= 11 is 0. The van der Waals surface area contributed by atoms with Crippen LogP contribution in [0.5, 0.6) is 11.5 Å². The van der Waals surface area contributed by atoms with E-state index in [1.807, 2.05) is 31.4 Å². The van der Waals surface area contributed by atoms with Gasteiger partial charge in [0.05, 0.1) is 26.4 Å². The van der Waals surface area contributed by atoms with Crippen molar-refractivity contribution in [3.8, 4) is 11.5 Å². The molecule has 2 aromatic rings. The molecule has 27 heavy (non-hydrogen) atoms. The van der Waals surface area contributed by atoms with Gasteiger partial charge >= 0.3 is 0 Å². The summed E-state index contributed by atoms with van der Waals surface area (Å²) in [6.45, 7) is 3.63. The molecule has 146 valence electrons. The van der Waals surface area contributed by atoms with Gasteiger partial charge < -0.3 is 24.1 Å². The van der Waals surface area contributed by atoms with Gasteiger partial charge in [0.15, 0.2) is 6.61 Å². The molecule has 1 aromatic heterocycles. The number of nitrogens with one attached hydrogen (secondary N) is 1. The molecule has 1 saturated heterocycles. The summed E-state index contributed by atoms with van der Waals surface area (Å²) in [4.78, 5) is 14.6. The van der Waals surface area contributed by atoms with Gasteiger partial charge in [0, 0.05) is 44.6 Å². The number of rotatable bonds is 8. The highest BCUT2D eigenvalue weighted by Crippen LogP contribution is 2.21. The smallest absolute Gasteiger partial charge is 0.258 e. The summed E-state index contributed by atoms with van der Waals surface area (Å²) in [5.41, 5.74) is 1.17. The number of hydrogen-bond acceptors (Lipinski definition) is 5. The normalized spacial score (nSPS) is 15.9. The predicted molar refractivity (Wildman–Crippen MR) is 102 cm³/mol. The van der Waals surface area contributed by atoms with Crippen molar-refractivity contribution in [1.29, 1.82) is 0 Å². The minimum absolute atomic E-state index is 0.0316. The van der Waals surface area contributed by atoms with Crippen LogP contribution in [0.3, 0.4) is 0 Å². The first-order valence-corrected chi connectivity index (χ1v) is 9.14. The molecule has 1 amide bonds. The first kappa shape index (κ1) is 19.3. The van der Waals surface area contributed by atoms with Gasteiger partial charge in [-0.1, -0.05) is 6.07 Å². The van der Waals surface area contributed by atoms with Crippen molar-refractivity contribution in [2.45, 2.75) is 6.04 Å². The number of aromatic nitrogens is 1. The molecule has 1 aliphatic heterocycles. The van der Waals surface area contributed by atoms with Crippen LogP contribution in [0, 0.1) is 0 Å². The highest BCUT2D eigenvalue weighted by Gasteiger charge is 2.24. The summed E-state index contributed by atoms with van der Waals surface area (Å²) < 4.78 is 18.3. The summed E-state index contributed by atoms with van der Waals surface area (Å²) in [6, 6.07) is 11.4. The van der Waals surface area contributed by atoms with E-state index in [1.54, 1.807) is 19.2 Å². The number of carbonyl (C=O) groups is 1. The van der Waals surface area contributed by atoms with E-state index < -0.39 is 0 Å². The minimum Gasteiger partial charge on any atom is -0.497 e. The van der Waals surface area contributed by atoms with E-state index in [0.29, 0.717) is 31.3 Å². The van der Waals surface area contributed by atoms with Gasteiger partial charge in [-0.05, 0) is 24.3 Å². The fourth-order valence-corrected chi connectivity index (χ4v) is 3.23. The van der Waals surface area contributed by atoms with E-state index in [0.717, 1.165) is 13.1 Å². The zero-order valence-corrected chi connectivity index (χ0v) is 15.9. The van der Waals surface area contributed by atoms with Crippen LogP contribution in [-0.4, -0.2) is 61.9 Å². The van der Waals surface area contributed by atoms with Gasteiger partial charge in [-0.25, -0.2) is 0 Å². The third-order valence-corrected chi connectivity index (χ3v) is 4.72. The van der Waals surface area contributed by atoms with Crippen molar-refractivity contribution in [3.05, 3.63) is 48.3 Å². The van der Waals surface area contributed by atoms with Gasteiger partial charge in [0.1, 0.15) is 11.5 Å². The van der Waals surface area contributed by atoms with Crippen molar-refractivity contribution >= 4 is 5.91 Å². The molecule has 0 radical (unpaired) electrons. The van der Waals surface area contributed by atoms with Gasteiger partial charge in [0.2, 0.25) is 0 Å². The molecule has 1 atom stereocenters. The molecule has 7 nitrogen and oxygen atoms in total. The van der Waals surface area contributed by atoms with Crippen molar-refractivity contribution in [3.63, 3.8) is 0 Å². The monoisotopic (exact) mass is 373 g/mol. The number of ether oxygens (including phenoxy) is 3. The molecular weight excluding hydrogens is 346 g/mol. The number of benzene rings is 1. The van der Waals surface area contributed by atoms with Gasteiger partial charge in [0.25, 0.3) is 5.91 Å². The first-order valence-electron chi connectivity index (χ1n) is 9.14. The summed E-state index contributed by atoms with van der Waals surface area (Å²) in [5.74, 6) is 1.16. The number of morpholine rings is 1. The van der Waals surface area contributed by atoms with E-state index >= 15 is 0 Å². The molecule has 0 saturated carbocycles. The maximum absolute atomic E-state index is 12.3. The predicted octanol–water partition coefficient (Wildman–Crippen LogP) is 1.60. The summed E-state index contributed by atoms with van der Waals surface area (Å²) in [7, 11) is 3.62. The SMILES string of the molecule is COc1cccc(OCC(=O)NCC(c2cccn2C)N2CCOCC2)c1. The number of hydrogen-bond donors (Lipinski definition) is 1. The third-order valence-electron chi connectivity index (χ3n) is 4.72. The lowest BCUT2D eigenvalue weighted by Gasteiger charge is -2.34. The van der Waals surface area contributed by atoms with Gasteiger partial charge in [-0.2, -0.15) is 0 Å². The third kappa shape index (κ3) is 5.24. The molecule has 0 spiro atoms. The lowest BCUT2D eigenvalue weighted by atomic mass is 10.1. The van der Waals surface area contributed by atoms with Crippen LogP contribution < -0.4 is 14.8 Å². The molecular formula is C20H27N3O4. The average molecular weight is 373 g/mol. The quantitative estimate of drug-likeness (QED) is 0.762. The fraction of sp³-hybridized carbons (Fsp3) is 0.450. The lowest BCUT2D eigenvalue weighted by Crippen LogP contribution is -2.45. The van der Waals surface area contributed by atoms with Crippen LogP contribution in [0.1, 0.15) is 11.7 Å². The minimum atomic E-state index is -0.148. The second kappa shape index (κ2) is 9.43. The van der Waals surface area contributed by atoms with Crippen LogP contribution in [-0.2, 0) is 16.6 Å². The molecule has 1 fully saturated rings. The maximum atomic E-state index is 12.3. The Hall–Kier alpha value is -2.51. The average Bonchev–Trinajstić information content (AvgIpc) is 3.13. The van der Waals surface area contributed by atoms with Gasteiger partial charge in [-0.3, -0.25) is 9.69 Å². The lowest BCUT2D eigenvalue weighted by molar-refractivity contribution is -0.123. The molecule has 3 rings (SSSR count). The van der Waals surface area contributed by atoms with Crippen molar-refractivity contribution in [1.82, 2.24) is 14.8 Å². The van der Waals surface area contributed by atoms with E-state index in [-0.39, 0.29) is 18.6 Å². The Bertz CT molecular complexity index is 740. The largest absolute Gasteiger partial charge is 0.497 e. The van der Waals surface area contributed by atoms with Crippen molar-refractivity contribution in [2.24, 2.45) is 7.05 Å². The van der Waals surface area contributed by atoms with Crippen LogP contribution >= 0.6 is 0 Å². The Kier molecular flexibility index (Phi) is 6.73. The van der Waals surface area contributed by atoms with Gasteiger partial charge in [-0.15, -0.1) is 0 Å². The number of methoxy groups -OCH3 is 1. The number of carbonyl (C=O) groups excluding carboxylic acids is 1. The summed E-state index contributed by atoms with van der Waals surface area (Å²) in [5, 5.41) is 3.00. The highest BCUT2D eigenvalue weighted by molar-refractivity contribution is 5.77. The second-order valence-electron chi connectivity index (χ2n) is 6.48. The standard InChI is InChI=1S/C20H27N3O4/c1-22-8-4-7-18(22)19(23-9-11-26-12-10-23)14-21-20(24)15-27-17-6-3-5-16(13-17)25-2/h3-8,13,19H,9-12,14-15H2,1-2H3,(H,21,24). The van der Waals surface area contributed by atoms with Crippen LogP contribution in [0.2, 0.25) is 0 Å². The first-order chi connectivity index (χ1) is 13.2. The van der Waals surface area contributed by atoms with E-state index in [2.05, 4.69) is 20.9 Å². The molecule has 7 heteroatoms. The van der Waals surface area contributed by atoms with Crippen LogP contribution in [0.15, 0.2) is 42.6 Å². The zero-order valence-electron chi connectivity index (χ0n) is 15.9. The van der Waals surface area contributed by atoms with E-state index in [4.69, 9.17) is 14.2 Å². The Morgan fingerprint density at radius 1 is 1.22 bits per heavy atom. The highest BCUT2D eigenvalue weighted by atomic mass is 16.5. The second-order valence-corrected chi connectivity index (χ2v) is 6.48. The molecule has 2 heterocycles. The maximum Gasteiger partial charge on any atom is 0.258 e. The van der Waals surface area contributed by atoms with Crippen LogP contribution in [0.25, 0.3) is 0 Å². The number of amides is 1. The number of nitrogens with zero attached hydrogens (tertiary/aromatic N) is 2. The van der Waals surface area contributed by atoms with Crippen molar-refractivity contribution in [2.75, 3.05) is 46.6 Å². The topological polar surface area (TPSA) is 65.0 Å². The van der Waals surface area contributed by atoms with Crippen LogP contribution in [0.4, 0.5) is 0 Å². The molecule has 1 aromatic carbocycles.